The summed E-state index contributed by atoms with van der Waals surface area (Å²) in [5.41, 5.74) is 0. The molecule has 0 spiro atoms. The summed E-state index contributed by atoms with van der Waals surface area (Å²) >= 11 is 0. The highest BCUT2D eigenvalue weighted by molar-refractivity contribution is 4.96. The summed E-state index contributed by atoms with van der Waals surface area (Å²) in [6, 6.07) is 0. The van der Waals surface area contributed by atoms with Crippen molar-refractivity contribution in [1.29, 1.82) is 0 Å². The van der Waals surface area contributed by atoms with Crippen LogP contribution in [0.4, 0.5) is 0 Å². The van der Waals surface area contributed by atoms with Crippen LogP contribution in [0.1, 0.15) is 39.5 Å². The highest BCUT2D eigenvalue weighted by atomic mass is 16.9. The van der Waals surface area contributed by atoms with Gasteiger partial charge in [0.25, 0.3) is 0 Å². The molecular formula is C10H18O5. The summed E-state index contributed by atoms with van der Waals surface area (Å²) < 4.78 is 9.97. The van der Waals surface area contributed by atoms with Crippen LogP contribution in [-0.4, -0.2) is 27.6 Å². The van der Waals surface area contributed by atoms with Gasteiger partial charge < -0.3 is 24.8 Å². The molecule has 88 valence electrons. The molecule has 0 aromatic rings. The number of allylic oxidation sites excluding steroid dienone is 2. The maximum atomic E-state index is 8.60. The average Bonchev–Trinajstić information content (AvgIpc) is 2.53. The van der Waals surface area contributed by atoms with Gasteiger partial charge in [-0.05, 0) is 39.5 Å². The summed E-state index contributed by atoms with van der Waals surface area (Å²) in [6.45, 7) is 3.17. The first-order valence-electron chi connectivity index (χ1n) is 5.09. The van der Waals surface area contributed by atoms with E-state index in [2.05, 4.69) is 4.74 Å². The van der Waals surface area contributed by atoms with E-state index in [1.165, 1.54) is 6.92 Å². The first kappa shape index (κ1) is 12.3. The Hall–Kier alpha value is -0.780. The Balaban J connectivity index is 2.48. The van der Waals surface area contributed by atoms with Gasteiger partial charge in [0.15, 0.2) is 0 Å². The van der Waals surface area contributed by atoms with Gasteiger partial charge in [0.05, 0.1) is 6.10 Å². The molecule has 5 heteroatoms. The molecule has 1 aliphatic carbocycles. The minimum Gasteiger partial charge on any atom is -0.492 e. The highest BCUT2D eigenvalue weighted by Gasteiger charge is 2.23. The van der Waals surface area contributed by atoms with Crippen molar-refractivity contribution < 1.29 is 24.8 Å². The van der Waals surface area contributed by atoms with E-state index >= 15 is 0 Å². The Morgan fingerprint density at radius 1 is 1.07 bits per heavy atom. The Kier molecular flexibility index (Phi) is 3.96. The van der Waals surface area contributed by atoms with Crippen molar-refractivity contribution in [3.05, 3.63) is 11.5 Å². The predicted molar refractivity (Wildman–Crippen MR) is 52.2 cm³/mol. The van der Waals surface area contributed by atoms with Crippen LogP contribution in [0.3, 0.4) is 0 Å². The second-order valence-electron chi connectivity index (χ2n) is 3.81. The van der Waals surface area contributed by atoms with E-state index in [0.717, 1.165) is 25.7 Å². The largest absolute Gasteiger partial charge is 0.492 e. The molecule has 0 bridgehead atoms. The van der Waals surface area contributed by atoms with Gasteiger partial charge in [0, 0.05) is 0 Å². The molecule has 1 fully saturated rings. The topological polar surface area (TPSA) is 79.2 Å². The van der Waals surface area contributed by atoms with Crippen LogP contribution in [0.5, 0.6) is 0 Å². The van der Waals surface area contributed by atoms with E-state index in [4.69, 9.17) is 20.1 Å². The van der Waals surface area contributed by atoms with E-state index in [1.807, 2.05) is 0 Å². The molecule has 1 saturated carbocycles. The van der Waals surface area contributed by atoms with Crippen LogP contribution in [0.2, 0.25) is 0 Å². The third-order valence-electron chi connectivity index (χ3n) is 2.43. The fraction of sp³-hybridized carbons (Fsp3) is 0.800. The Morgan fingerprint density at radius 2 is 1.60 bits per heavy atom. The molecule has 0 radical (unpaired) electrons. The SMILES string of the molecule is CC(OC1CCCC1)=C(C)OC(O)(O)O. The second kappa shape index (κ2) is 4.83. The maximum Gasteiger partial charge on any atom is 0.452 e. The molecule has 5 nitrogen and oxygen atoms in total. The third-order valence-corrected chi connectivity index (χ3v) is 2.43. The molecule has 0 heterocycles. The first-order valence-corrected chi connectivity index (χ1v) is 5.09. The van der Waals surface area contributed by atoms with E-state index in [1.54, 1.807) is 6.92 Å². The lowest BCUT2D eigenvalue weighted by Gasteiger charge is -2.19. The minimum atomic E-state index is -3.13. The quantitative estimate of drug-likeness (QED) is 0.480. The number of rotatable bonds is 4. The normalized spacial score (nSPS) is 20.1. The van der Waals surface area contributed by atoms with E-state index in [-0.39, 0.29) is 11.9 Å². The lowest BCUT2D eigenvalue weighted by molar-refractivity contribution is -0.442. The van der Waals surface area contributed by atoms with Gasteiger partial charge in [-0.15, -0.1) is 0 Å². The monoisotopic (exact) mass is 218 g/mol. The van der Waals surface area contributed by atoms with Crippen molar-refractivity contribution in [3.8, 4) is 0 Å². The van der Waals surface area contributed by atoms with Gasteiger partial charge in [-0.1, -0.05) is 0 Å². The summed E-state index contributed by atoms with van der Waals surface area (Å²) in [7, 11) is 0. The molecule has 15 heavy (non-hydrogen) atoms. The highest BCUT2D eigenvalue weighted by Crippen LogP contribution is 2.24. The number of aliphatic hydroxyl groups is 3. The van der Waals surface area contributed by atoms with Gasteiger partial charge in [0.2, 0.25) is 0 Å². The summed E-state index contributed by atoms with van der Waals surface area (Å²) in [4.78, 5) is 0. The second-order valence-corrected chi connectivity index (χ2v) is 3.81. The number of hydrogen-bond acceptors (Lipinski definition) is 5. The summed E-state index contributed by atoms with van der Waals surface area (Å²) in [6.07, 6.45) is 1.36. The zero-order valence-corrected chi connectivity index (χ0v) is 9.06. The standard InChI is InChI=1S/C10H18O5/c1-7(8(2)15-10(11,12)13)14-9-5-3-4-6-9/h9,11-13H,3-6H2,1-2H3. The van der Waals surface area contributed by atoms with Crippen LogP contribution in [0, 0.1) is 0 Å². The molecule has 0 amide bonds. The van der Waals surface area contributed by atoms with E-state index < -0.39 is 6.16 Å². The molecule has 0 aromatic heterocycles. The summed E-state index contributed by atoms with van der Waals surface area (Å²) in [5.74, 6) is 0.623. The Bertz CT molecular complexity index is 235. The van der Waals surface area contributed by atoms with Crippen LogP contribution in [0.25, 0.3) is 0 Å². The van der Waals surface area contributed by atoms with Crippen molar-refractivity contribution in [2.24, 2.45) is 0 Å². The molecule has 3 N–H and O–H groups in total. The lowest BCUT2D eigenvalue weighted by atomic mass is 10.3. The van der Waals surface area contributed by atoms with E-state index in [0.29, 0.717) is 5.76 Å². The van der Waals surface area contributed by atoms with Gasteiger partial charge in [-0.3, -0.25) is 0 Å². The van der Waals surface area contributed by atoms with Crippen LogP contribution < -0.4 is 0 Å². The van der Waals surface area contributed by atoms with Crippen molar-refractivity contribution in [3.63, 3.8) is 0 Å². The van der Waals surface area contributed by atoms with Gasteiger partial charge >= 0.3 is 6.16 Å². The third kappa shape index (κ3) is 4.51. The molecule has 1 rings (SSSR count). The van der Waals surface area contributed by atoms with Crippen molar-refractivity contribution in [1.82, 2.24) is 0 Å². The fourth-order valence-corrected chi connectivity index (χ4v) is 1.62. The molecule has 0 unspecified atom stereocenters. The smallest absolute Gasteiger partial charge is 0.452 e. The zero-order valence-electron chi connectivity index (χ0n) is 9.06. The maximum absolute atomic E-state index is 8.60. The predicted octanol–water partition coefficient (Wildman–Crippen LogP) is 0.802. The number of ether oxygens (including phenoxy) is 2. The van der Waals surface area contributed by atoms with Crippen molar-refractivity contribution in [2.75, 3.05) is 0 Å². The minimum absolute atomic E-state index is 0.161. The van der Waals surface area contributed by atoms with Crippen LogP contribution in [-0.2, 0) is 9.47 Å². The first-order chi connectivity index (χ1) is 6.88. The molecular weight excluding hydrogens is 200 g/mol. The van der Waals surface area contributed by atoms with Crippen molar-refractivity contribution >= 4 is 0 Å². The van der Waals surface area contributed by atoms with E-state index in [9.17, 15) is 0 Å². The van der Waals surface area contributed by atoms with Gasteiger partial charge in [-0.25, -0.2) is 0 Å². The fourth-order valence-electron chi connectivity index (χ4n) is 1.62. The van der Waals surface area contributed by atoms with Gasteiger partial charge in [0.1, 0.15) is 11.5 Å². The van der Waals surface area contributed by atoms with Crippen LogP contribution >= 0.6 is 0 Å². The lowest BCUT2D eigenvalue weighted by Crippen LogP contribution is -2.30. The summed E-state index contributed by atoms with van der Waals surface area (Å²) in [5, 5.41) is 25.8. The average molecular weight is 218 g/mol. The molecule has 0 atom stereocenters. The van der Waals surface area contributed by atoms with Gasteiger partial charge in [-0.2, -0.15) is 0 Å². The van der Waals surface area contributed by atoms with Crippen LogP contribution in [0.15, 0.2) is 11.5 Å². The van der Waals surface area contributed by atoms with Crippen molar-refractivity contribution in [2.45, 2.75) is 51.8 Å². The Morgan fingerprint density at radius 3 is 2.07 bits per heavy atom. The molecule has 0 aromatic carbocycles. The zero-order chi connectivity index (χ0) is 11.5. The molecule has 1 aliphatic rings. The number of hydrogen-bond donors (Lipinski definition) is 3. The molecule has 0 aliphatic heterocycles. The molecule has 0 saturated heterocycles. The Labute approximate surface area is 88.9 Å².